The van der Waals surface area contributed by atoms with E-state index in [0.29, 0.717) is 17.3 Å². The lowest BCUT2D eigenvalue weighted by atomic mass is 9.75. The summed E-state index contributed by atoms with van der Waals surface area (Å²) in [4.78, 5) is 4.70. The summed E-state index contributed by atoms with van der Waals surface area (Å²) in [5.41, 5.74) is 3.51. The van der Waals surface area contributed by atoms with Crippen molar-refractivity contribution in [3.63, 3.8) is 0 Å². The van der Waals surface area contributed by atoms with Crippen molar-refractivity contribution in [1.29, 1.82) is 5.26 Å². The van der Waals surface area contributed by atoms with Gasteiger partial charge in [-0.05, 0) is 18.1 Å². The van der Waals surface area contributed by atoms with Crippen molar-refractivity contribution < 1.29 is 9.47 Å². The van der Waals surface area contributed by atoms with Crippen LogP contribution in [0.15, 0.2) is 29.3 Å². The fourth-order valence-electron chi connectivity index (χ4n) is 3.62. The Morgan fingerprint density at radius 2 is 2.04 bits per heavy atom. The smallest absolute Gasteiger partial charge is 0.177 e. The van der Waals surface area contributed by atoms with Crippen molar-refractivity contribution >= 4 is 23.1 Å². The summed E-state index contributed by atoms with van der Waals surface area (Å²) >= 11 is 6.52. The van der Waals surface area contributed by atoms with Gasteiger partial charge in [0, 0.05) is 48.6 Å². The molecule has 0 saturated heterocycles. The van der Waals surface area contributed by atoms with Crippen molar-refractivity contribution in [3.05, 3.63) is 46.1 Å². The van der Waals surface area contributed by atoms with Crippen LogP contribution in [0.4, 0.5) is 5.82 Å². The van der Waals surface area contributed by atoms with Gasteiger partial charge >= 0.3 is 0 Å². The Morgan fingerprint density at radius 3 is 2.67 bits per heavy atom. The third kappa shape index (κ3) is 3.77. The number of methoxy groups -OCH3 is 2. The fourth-order valence-corrected chi connectivity index (χ4v) is 3.87. The summed E-state index contributed by atoms with van der Waals surface area (Å²) in [6.45, 7) is 2.08. The number of nitrogens with one attached hydrogen (secondary N) is 1. The van der Waals surface area contributed by atoms with Gasteiger partial charge in [0.15, 0.2) is 12.1 Å². The predicted molar refractivity (Wildman–Crippen MR) is 104 cm³/mol. The number of halogens is 1. The van der Waals surface area contributed by atoms with E-state index in [-0.39, 0.29) is 5.92 Å². The van der Waals surface area contributed by atoms with E-state index in [1.165, 1.54) is 0 Å². The molecule has 0 bridgehead atoms. The highest BCUT2D eigenvalue weighted by molar-refractivity contribution is 6.31. The highest BCUT2D eigenvalue weighted by Crippen LogP contribution is 2.45. The molecule has 0 saturated carbocycles. The van der Waals surface area contributed by atoms with Crippen molar-refractivity contribution in [3.8, 4) is 6.07 Å². The van der Waals surface area contributed by atoms with Gasteiger partial charge in [-0.3, -0.25) is 5.10 Å². The van der Waals surface area contributed by atoms with Gasteiger partial charge in [0.05, 0.1) is 12.0 Å². The third-order valence-electron chi connectivity index (χ3n) is 4.90. The normalized spacial score (nSPS) is 18.9. The van der Waals surface area contributed by atoms with E-state index in [0.717, 1.165) is 35.4 Å². The molecule has 1 aliphatic rings. The number of fused-ring (bicyclic) bond motifs is 1. The topological polar surface area (TPSA) is 83.3 Å². The molecule has 142 valence electrons. The number of ether oxygens (including phenoxy) is 2. The minimum absolute atomic E-state index is 0.235. The minimum atomic E-state index is -0.414. The van der Waals surface area contributed by atoms with Crippen LogP contribution in [0.2, 0.25) is 5.02 Å². The van der Waals surface area contributed by atoms with Crippen molar-refractivity contribution in [1.82, 2.24) is 10.2 Å². The van der Waals surface area contributed by atoms with E-state index >= 15 is 0 Å². The van der Waals surface area contributed by atoms with Gasteiger partial charge in [-0.25, -0.2) is 4.99 Å². The average molecular weight is 387 g/mol. The molecule has 0 amide bonds. The monoisotopic (exact) mass is 386 g/mol. The second-order valence-corrected chi connectivity index (χ2v) is 6.91. The molecule has 0 radical (unpaired) electrons. The lowest BCUT2D eigenvalue weighted by Crippen LogP contribution is -2.27. The quantitative estimate of drug-likeness (QED) is 0.715. The minimum Gasteiger partial charge on any atom is -0.356 e. The summed E-state index contributed by atoms with van der Waals surface area (Å²) < 4.78 is 10.7. The van der Waals surface area contributed by atoms with Crippen LogP contribution < -0.4 is 0 Å². The summed E-state index contributed by atoms with van der Waals surface area (Å²) in [7, 11) is 3.19. The third-order valence-corrected chi connectivity index (χ3v) is 5.24. The maximum absolute atomic E-state index is 9.98. The Labute approximate surface area is 164 Å². The molecule has 7 heteroatoms. The number of hydrogen-bond acceptors (Lipinski definition) is 5. The van der Waals surface area contributed by atoms with Crippen molar-refractivity contribution in [2.45, 2.75) is 38.4 Å². The number of nitriles is 1. The number of hydrogen-bond donors (Lipinski definition) is 1. The first-order valence-corrected chi connectivity index (χ1v) is 9.36. The van der Waals surface area contributed by atoms with E-state index < -0.39 is 12.2 Å². The molecule has 2 heterocycles. The zero-order valence-corrected chi connectivity index (χ0v) is 16.5. The zero-order chi connectivity index (χ0) is 19.4. The molecule has 2 atom stereocenters. The van der Waals surface area contributed by atoms with Crippen LogP contribution in [0.3, 0.4) is 0 Å². The summed E-state index contributed by atoms with van der Waals surface area (Å²) in [6.07, 6.45) is 1.73. The molecule has 27 heavy (non-hydrogen) atoms. The highest BCUT2D eigenvalue weighted by Gasteiger charge is 2.38. The van der Waals surface area contributed by atoms with Crippen LogP contribution in [0.1, 0.15) is 42.5 Å². The number of aliphatic imine (C=N–C) groups is 1. The molecule has 1 aromatic carbocycles. The molecule has 6 nitrogen and oxygen atoms in total. The van der Waals surface area contributed by atoms with Gasteiger partial charge in [0.25, 0.3) is 0 Å². The molecule has 1 aromatic heterocycles. The fraction of sp³-hybridized carbons (Fsp3) is 0.450. The second kappa shape index (κ2) is 8.66. The summed E-state index contributed by atoms with van der Waals surface area (Å²) in [6, 6.07) is 10.1. The first-order valence-electron chi connectivity index (χ1n) is 8.98. The number of aromatic nitrogens is 2. The van der Waals surface area contributed by atoms with E-state index in [1.807, 2.05) is 24.3 Å². The second-order valence-electron chi connectivity index (χ2n) is 6.50. The molecule has 0 spiro atoms. The SMILES string of the molecule is CCCC1=Nc2n[nH]c(CC(OC)OC)c2C(c2ccccc2Cl)C1C#N. The highest BCUT2D eigenvalue weighted by atomic mass is 35.5. The molecule has 1 aliphatic heterocycles. The number of rotatable bonds is 7. The first kappa shape index (κ1) is 19.6. The van der Waals surface area contributed by atoms with Crippen molar-refractivity contribution in [2.75, 3.05) is 14.2 Å². The lowest BCUT2D eigenvalue weighted by molar-refractivity contribution is -0.101. The molecule has 2 unspecified atom stereocenters. The van der Waals surface area contributed by atoms with E-state index in [2.05, 4.69) is 23.2 Å². The maximum Gasteiger partial charge on any atom is 0.177 e. The van der Waals surface area contributed by atoms with Crippen LogP contribution in [-0.4, -0.2) is 36.4 Å². The number of H-pyrrole nitrogens is 1. The van der Waals surface area contributed by atoms with Crippen LogP contribution >= 0.6 is 11.6 Å². The van der Waals surface area contributed by atoms with E-state index in [9.17, 15) is 5.26 Å². The van der Waals surface area contributed by atoms with Gasteiger partial charge in [-0.1, -0.05) is 43.1 Å². The Morgan fingerprint density at radius 1 is 1.30 bits per heavy atom. The van der Waals surface area contributed by atoms with Crippen LogP contribution in [0.25, 0.3) is 0 Å². The number of aromatic amines is 1. The van der Waals surface area contributed by atoms with E-state index in [4.69, 9.17) is 26.1 Å². The Bertz CT molecular complexity index is 867. The van der Waals surface area contributed by atoms with Gasteiger partial charge in [-0.2, -0.15) is 10.4 Å². The molecule has 0 aliphatic carbocycles. The van der Waals surface area contributed by atoms with Gasteiger partial charge in [0.1, 0.15) is 0 Å². The zero-order valence-electron chi connectivity index (χ0n) is 15.7. The lowest BCUT2D eigenvalue weighted by Gasteiger charge is -2.29. The molecule has 3 rings (SSSR count). The Hall–Kier alpha value is -2.20. The molecular weight excluding hydrogens is 364 g/mol. The number of nitrogens with zero attached hydrogens (tertiary/aromatic N) is 3. The Balaban J connectivity index is 2.16. The van der Waals surface area contributed by atoms with E-state index in [1.54, 1.807) is 14.2 Å². The first-order chi connectivity index (χ1) is 13.1. The van der Waals surface area contributed by atoms with Gasteiger partial charge in [-0.15, -0.1) is 0 Å². The average Bonchev–Trinajstić information content (AvgIpc) is 3.08. The maximum atomic E-state index is 9.98. The number of benzene rings is 1. The standard InChI is InChI=1S/C20H23ClN4O2/c1-4-7-15-13(11-22)18(12-8-5-6-9-14(12)21)19-16(10-17(26-2)27-3)24-25-20(19)23-15/h5-6,8-9,13,17-18H,4,7,10H2,1-3H3,(H,24,25). The van der Waals surface area contributed by atoms with Crippen LogP contribution in [-0.2, 0) is 15.9 Å². The summed E-state index contributed by atoms with van der Waals surface area (Å²) in [5.74, 6) is -0.00562. The van der Waals surface area contributed by atoms with Crippen LogP contribution in [0, 0.1) is 17.2 Å². The molecule has 2 aromatic rings. The Kier molecular flexibility index (Phi) is 6.27. The van der Waals surface area contributed by atoms with Gasteiger partial charge in [0.2, 0.25) is 0 Å². The molecule has 1 N–H and O–H groups in total. The predicted octanol–water partition coefficient (Wildman–Crippen LogP) is 4.38. The largest absolute Gasteiger partial charge is 0.356 e. The van der Waals surface area contributed by atoms with Crippen LogP contribution in [0.5, 0.6) is 0 Å². The summed E-state index contributed by atoms with van der Waals surface area (Å²) in [5, 5.41) is 18.1. The molecule has 0 fully saturated rings. The van der Waals surface area contributed by atoms with Gasteiger partial charge < -0.3 is 9.47 Å². The molecular formula is C20H23ClN4O2. The van der Waals surface area contributed by atoms with Crippen molar-refractivity contribution in [2.24, 2.45) is 10.9 Å².